The number of hydrogen-bond acceptors (Lipinski definition) is 3. The Hall–Kier alpha value is -1.75. The average molecular weight is 235 g/mol. The molecule has 1 aromatic carbocycles. The van der Waals surface area contributed by atoms with Gasteiger partial charge in [-0.15, -0.1) is 0 Å². The van der Waals surface area contributed by atoms with Gasteiger partial charge < -0.3 is 5.11 Å². The molecule has 88 valence electrons. The second kappa shape index (κ2) is 3.37. The molecular weight excluding hydrogens is 225 g/mol. The van der Waals surface area contributed by atoms with E-state index in [1.54, 1.807) is 6.07 Å². The van der Waals surface area contributed by atoms with E-state index in [4.69, 9.17) is 5.11 Å². The van der Waals surface area contributed by atoms with Crippen LogP contribution < -0.4 is 4.90 Å². The molecule has 0 radical (unpaired) electrons. The number of nitrogens with zero attached hydrogens (tertiary/aromatic N) is 1. The van der Waals surface area contributed by atoms with E-state index < -0.39 is 29.5 Å². The van der Waals surface area contributed by atoms with Crippen LogP contribution in [-0.4, -0.2) is 23.5 Å². The summed E-state index contributed by atoms with van der Waals surface area (Å²) in [7, 11) is 0. The van der Waals surface area contributed by atoms with Crippen LogP contribution in [0.1, 0.15) is 0 Å². The Bertz CT molecular complexity index is 494. The highest BCUT2D eigenvalue weighted by molar-refractivity contribution is 6.25. The molecule has 1 aromatic rings. The Morgan fingerprint density at radius 3 is 2.29 bits per heavy atom. The summed E-state index contributed by atoms with van der Waals surface area (Å²) in [6.45, 7) is -0.169. The lowest BCUT2D eigenvalue weighted by Gasteiger charge is -2.18. The van der Waals surface area contributed by atoms with Crippen LogP contribution in [-0.2, 0) is 9.59 Å². The first kappa shape index (κ1) is 10.4. The summed E-state index contributed by atoms with van der Waals surface area (Å²) < 4.78 is 13.5. The number of hydrogen-bond donors (Lipinski definition) is 1. The van der Waals surface area contributed by atoms with Crippen molar-refractivity contribution in [1.82, 2.24) is 0 Å². The number of para-hydroxylation sites is 1. The number of benzene rings is 1. The first-order valence-electron chi connectivity index (χ1n) is 5.40. The fourth-order valence-electron chi connectivity index (χ4n) is 2.55. The van der Waals surface area contributed by atoms with Gasteiger partial charge in [0.2, 0.25) is 11.8 Å². The molecule has 2 unspecified atom stereocenters. The SMILES string of the molecule is O=C1C2C(CO)C2C(=O)N1c1ccccc1F. The van der Waals surface area contributed by atoms with Gasteiger partial charge in [0.25, 0.3) is 0 Å². The number of amides is 2. The highest BCUT2D eigenvalue weighted by Crippen LogP contribution is 2.54. The zero-order valence-electron chi connectivity index (χ0n) is 8.84. The number of rotatable bonds is 2. The summed E-state index contributed by atoms with van der Waals surface area (Å²) >= 11 is 0. The van der Waals surface area contributed by atoms with E-state index in [1.165, 1.54) is 18.2 Å². The predicted octanol–water partition coefficient (Wildman–Crippen LogP) is 0.553. The van der Waals surface area contributed by atoms with Crippen molar-refractivity contribution in [2.45, 2.75) is 0 Å². The maximum Gasteiger partial charge on any atom is 0.238 e. The van der Waals surface area contributed by atoms with Crippen LogP contribution in [0, 0.1) is 23.6 Å². The zero-order chi connectivity index (χ0) is 12.2. The van der Waals surface area contributed by atoms with Gasteiger partial charge in [0.05, 0.1) is 17.5 Å². The molecule has 4 nitrogen and oxygen atoms in total. The standard InChI is InChI=1S/C12H10FNO3/c13-7-3-1-2-4-8(7)14-11(16)9-6(5-15)10(9)12(14)17/h1-4,6,9-10,15H,5H2. The van der Waals surface area contributed by atoms with Crippen molar-refractivity contribution in [2.24, 2.45) is 17.8 Å². The maximum atomic E-state index is 13.5. The smallest absolute Gasteiger partial charge is 0.238 e. The Labute approximate surface area is 96.7 Å². The Morgan fingerprint density at radius 1 is 1.18 bits per heavy atom. The highest BCUT2D eigenvalue weighted by atomic mass is 19.1. The molecular formula is C12H10FNO3. The third kappa shape index (κ3) is 1.26. The van der Waals surface area contributed by atoms with Crippen molar-refractivity contribution in [1.29, 1.82) is 0 Å². The quantitative estimate of drug-likeness (QED) is 0.762. The topological polar surface area (TPSA) is 57.6 Å². The fourth-order valence-corrected chi connectivity index (χ4v) is 2.55. The number of fused-ring (bicyclic) bond motifs is 1. The Kier molecular flexibility index (Phi) is 2.06. The molecule has 1 aliphatic carbocycles. The van der Waals surface area contributed by atoms with Crippen molar-refractivity contribution in [2.75, 3.05) is 11.5 Å². The summed E-state index contributed by atoms with van der Waals surface area (Å²) in [5.74, 6) is -2.55. The lowest BCUT2D eigenvalue weighted by molar-refractivity contribution is -0.124. The Morgan fingerprint density at radius 2 is 1.76 bits per heavy atom. The minimum absolute atomic E-state index is 0.00592. The molecule has 0 bridgehead atoms. The van der Waals surface area contributed by atoms with Gasteiger partial charge in [-0.05, 0) is 12.1 Å². The number of carbonyl (C=O) groups excluding carboxylic acids is 2. The van der Waals surface area contributed by atoms with Crippen LogP contribution in [0.2, 0.25) is 0 Å². The summed E-state index contributed by atoms with van der Waals surface area (Å²) in [6, 6.07) is 5.70. The van der Waals surface area contributed by atoms with Crippen LogP contribution in [0.4, 0.5) is 10.1 Å². The third-order valence-corrected chi connectivity index (χ3v) is 3.48. The highest BCUT2D eigenvalue weighted by Gasteiger charge is 2.67. The normalized spacial score (nSPS) is 30.7. The van der Waals surface area contributed by atoms with Gasteiger partial charge in [-0.25, -0.2) is 9.29 Å². The molecule has 0 aromatic heterocycles. The molecule has 2 fully saturated rings. The van der Waals surface area contributed by atoms with Crippen molar-refractivity contribution < 1.29 is 19.1 Å². The number of aliphatic hydroxyl groups excluding tert-OH is 1. The molecule has 3 rings (SSSR count). The molecule has 0 spiro atoms. The summed E-state index contributed by atoms with van der Waals surface area (Å²) in [5.41, 5.74) is 0.00592. The van der Waals surface area contributed by atoms with E-state index in [1.807, 2.05) is 0 Å². The number of carbonyl (C=O) groups is 2. The van der Waals surface area contributed by atoms with Crippen LogP contribution in [0.15, 0.2) is 24.3 Å². The number of imide groups is 1. The van der Waals surface area contributed by atoms with E-state index in [-0.39, 0.29) is 18.2 Å². The molecule has 1 heterocycles. The largest absolute Gasteiger partial charge is 0.396 e. The summed E-state index contributed by atoms with van der Waals surface area (Å²) in [4.78, 5) is 24.7. The van der Waals surface area contributed by atoms with Crippen molar-refractivity contribution >= 4 is 17.5 Å². The monoisotopic (exact) mass is 235 g/mol. The molecule has 2 amide bonds. The van der Waals surface area contributed by atoms with Crippen LogP contribution in [0.5, 0.6) is 0 Å². The molecule has 1 aliphatic heterocycles. The molecule has 2 atom stereocenters. The van der Waals surface area contributed by atoms with Gasteiger partial charge in [0, 0.05) is 12.5 Å². The van der Waals surface area contributed by atoms with Gasteiger partial charge >= 0.3 is 0 Å². The fraction of sp³-hybridized carbons (Fsp3) is 0.333. The van der Waals surface area contributed by atoms with Crippen LogP contribution in [0.25, 0.3) is 0 Å². The maximum absolute atomic E-state index is 13.5. The summed E-state index contributed by atoms with van der Waals surface area (Å²) in [6.07, 6.45) is 0. The van der Waals surface area contributed by atoms with E-state index in [9.17, 15) is 14.0 Å². The first-order chi connectivity index (χ1) is 8.16. The minimum atomic E-state index is -0.587. The lowest BCUT2D eigenvalue weighted by Crippen LogP contribution is -2.35. The second-order valence-electron chi connectivity index (χ2n) is 4.36. The molecule has 1 saturated heterocycles. The van der Waals surface area contributed by atoms with Gasteiger partial charge in [0.1, 0.15) is 5.82 Å². The van der Waals surface area contributed by atoms with Crippen molar-refractivity contribution in [3.8, 4) is 0 Å². The lowest BCUT2D eigenvalue weighted by atomic mass is 10.2. The van der Waals surface area contributed by atoms with Gasteiger partial charge in [-0.3, -0.25) is 9.59 Å². The minimum Gasteiger partial charge on any atom is -0.396 e. The molecule has 5 heteroatoms. The molecule has 1 saturated carbocycles. The molecule has 2 aliphatic rings. The van der Waals surface area contributed by atoms with Crippen LogP contribution >= 0.6 is 0 Å². The third-order valence-electron chi connectivity index (χ3n) is 3.48. The average Bonchev–Trinajstić information content (AvgIpc) is 2.99. The van der Waals surface area contributed by atoms with E-state index in [0.717, 1.165) is 4.90 Å². The van der Waals surface area contributed by atoms with Gasteiger partial charge in [0.15, 0.2) is 0 Å². The number of piperidine rings is 1. The second-order valence-corrected chi connectivity index (χ2v) is 4.36. The number of aliphatic hydroxyl groups is 1. The summed E-state index contributed by atoms with van der Waals surface area (Å²) in [5, 5.41) is 8.96. The van der Waals surface area contributed by atoms with E-state index in [0.29, 0.717) is 0 Å². The van der Waals surface area contributed by atoms with Crippen molar-refractivity contribution in [3.05, 3.63) is 30.1 Å². The van der Waals surface area contributed by atoms with E-state index >= 15 is 0 Å². The van der Waals surface area contributed by atoms with Gasteiger partial charge in [-0.2, -0.15) is 0 Å². The van der Waals surface area contributed by atoms with Crippen LogP contribution in [0.3, 0.4) is 0 Å². The first-order valence-corrected chi connectivity index (χ1v) is 5.40. The molecule has 1 N–H and O–H groups in total. The van der Waals surface area contributed by atoms with E-state index in [2.05, 4.69) is 0 Å². The van der Waals surface area contributed by atoms with Gasteiger partial charge in [-0.1, -0.05) is 12.1 Å². The zero-order valence-corrected chi connectivity index (χ0v) is 8.84. The number of anilines is 1. The molecule has 17 heavy (non-hydrogen) atoms. The Balaban J connectivity index is 1.96. The number of halogens is 1. The van der Waals surface area contributed by atoms with Crippen molar-refractivity contribution in [3.63, 3.8) is 0 Å². The predicted molar refractivity (Wildman–Crippen MR) is 56.4 cm³/mol.